The second-order valence-corrected chi connectivity index (χ2v) is 9.58. The molecule has 2 aliphatic rings. The maximum absolute atomic E-state index is 12.8. The second kappa shape index (κ2) is 11.1. The summed E-state index contributed by atoms with van der Waals surface area (Å²) in [5.41, 5.74) is 3.24. The Bertz CT molecular complexity index is 1220. The van der Waals surface area contributed by atoms with Gasteiger partial charge in [0.2, 0.25) is 5.88 Å². The van der Waals surface area contributed by atoms with Gasteiger partial charge in [-0.3, -0.25) is 4.79 Å². The number of fused-ring (bicyclic) bond motifs is 2. The minimum atomic E-state index is -4.38. The first-order chi connectivity index (χ1) is 17.8. The molecule has 0 spiro atoms. The van der Waals surface area contributed by atoms with E-state index in [0.717, 1.165) is 62.1 Å². The molecule has 2 aliphatic heterocycles. The van der Waals surface area contributed by atoms with Crippen LogP contribution in [0, 0.1) is 0 Å². The molecule has 5 heterocycles. The van der Waals surface area contributed by atoms with Crippen molar-refractivity contribution in [1.82, 2.24) is 24.8 Å². The number of carbonyl (C=O) groups excluding carboxylic acids is 1. The van der Waals surface area contributed by atoms with Gasteiger partial charge < -0.3 is 19.7 Å². The average molecular weight is 518 g/mol. The van der Waals surface area contributed by atoms with Crippen LogP contribution in [0.15, 0.2) is 42.7 Å². The number of rotatable bonds is 7. The van der Waals surface area contributed by atoms with E-state index in [2.05, 4.69) is 20.3 Å². The zero-order valence-electron chi connectivity index (χ0n) is 20.4. The summed E-state index contributed by atoms with van der Waals surface area (Å²) in [5.74, 6) is -0.101. The van der Waals surface area contributed by atoms with E-state index >= 15 is 0 Å². The molecule has 0 radical (unpaired) electrons. The number of hydrogen-bond donors (Lipinski definition) is 1. The van der Waals surface area contributed by atoms with E-state index in [1.165, 1.54) is 6.07 Å². The lowest BCUT2D eigenvalue weighted by Gasteiger charge is -2.31. The quantitative estimate of drug-likeness (QED) is 0.517. The van der Waals surface area contributed by atoms with Crippen LogP contribution in [0.5, 0.6) is 5.88 Å². The fourth-order valence-electron chi connectivity index (χ4n) is 4.94. The highest BCUT2D eigenvalue weighted by atomic mass is 19.4. The van der Waals surface area contributed by atoms with Crippen molar-refractivity contribution in [2.45, 2.75) is 50.4 Å². The summed E-state index contributed by atoms with van der Waals surface area (Å²) in [7, 11) is 0. The Morgan fingerprint density at radius 1 is 1.16 bits per heavy atom. The lowest BCUT2D eigenvalue weighted by atomic mass is 10.0. The first-order valence-corrected chi connectivity index (χ1v) is 12.6. The molecular weight excluding hydrogens is 487 g/mol. The third-order valence-electron chi connectivity index (χ3n) is 6.94. The van der Waals surface area contributed by atoms with Crippen LogP contribution in [0.2, 0.25) is 0 Å². The molecule has 1 amide bonds. The minimum absolute atomic E-state index is 0.0174. The summed E-state index contributed by atoms with van der Waals surface area (Å²) < 4.78 is 49.9. The number of nitrogens with zero attached hydrogens (tertiary/aromatic N) is 4. The van der Waals surface area contributed by atoms with E-state index in [4.69, 9.17) is 9.47 Å². The fourth-order valence-corrected chi connectivity index (χ4v) is 4.94. The van der Waals surface area contributed by atoms with Crippen molar-refractivity contribution in [2.75, 3.05) is 32.8 Å². The molecule has 0 aromatic carbocycles. The molecule has 0 aliphatic carbocycles. The summed E-state index contributed by atoms with van der Waals surface area (Å²) in [6, 6.07) is 8.76. The monoisotopic (exact) mass is 517 g/mol. The highest BCUT2D eigenvalue weighted by Gasteiger charge is 2.29. The van der Waals surface area contributed by atoms with Crippen LogP contribution in [0.1, 0.15) is 40.9 Å². The van der Waals surface area contributed by atoms with E-state index in [0.29, 0.717) is 18.6 Å². The van der Waals surface area contributed by atoms with Gasteiger partial charge in [-0.15, -0.1) is 0 Å². The van der Waals surface area contributed by atoms with Crippen molar-refractivity contribution in [2.24, 2.45) is 0 Å². The van der Waals surface area contributed by atoms with Crippen LogP contribution in [-0.2, 0) is 17.6 Å². The van der Waals surface area contributed by atoms with Gasteiger partial charge in [-0.2, -0.15) is 18.3 Å². The molecule has 3 aromatic rings. The SMILES string of the molecule is O=C(N[C@H]1CC[C@H](CCN2CCc3ccc(OCC(F)(F)F)nc3CC2)OC1)c1ccn2ncccc12. The molecule has 1 saturated heterocycles. The number of ether oxygens (including phenoxy) is 2. The molecule has 8 nitrogen and oxygen atoms in total. The number of aromatic nitrogens is 3. The fraction of sp³-hybridized carbons (Fsp3) is 0.500. The molecule has 0 unspecified atom stereocenters. The summed E-state index contributed by atoms with van der Waals surface area (Å²) in [5, 5.41) is 7.28. The zero-order valence-corrected chi connectivity index (χ0v) is 20.4. The number of alkyl halides is 3. The highest BCUT2D eigenvalue weighted by Crippen LogP contribution is 2.22. The van der Waals surface area contributed by atoms with Crippen LogP contribution < -0.4 is 10.1 Å². The number of nitrogens with one attached hydrogen (secondary N) is 1. The topological polar surface area (TPSA) is 81.0 Å². The molecule has 5 rings (SSSR count). The van der Waals surface area contributed by atoms with Crippen LogP contribution in [0.4, 0.5) is 13.2 Å². The van der Waals surface area contributed by atoms with Crippen molar-refractivity contribution < 1.29 is 27.4 Å². The van der Waals surface area contributed by atoms with Crippen LogP contribution in [0.3, 0.4) is 0 Å². The lowest BCUT2D eigenvalue weighted by molar-refractivity contribution is -0.154. The summed E-state index contributed by atoms with van der Waals surface area (Å²) in [6.07, 6.45) is 3.30. The van der Waals surface area contributed by atoms with Gasteiger partial charge in [0.1, 0.15) is 0 Å². The Balaban J connectivity index is 1.05. The third-order valence-corrected chi connectivity index (χ3v) is 6.94. The highest BCUT2D eigenvalue weighted by molar-refractivity contribution is 6.01. The minimum Gasteiger partial charge on any atom is -0.468 e. The summed E-state index contributed by atoms with van der Waals surface area (Å²) in [6.45, 7) is 1.67. The van der Waals surface area contributed by atoms with Gasteiger partial charge in [0.15, 0.2) is 6.61 Å². The van der Waals surface area contributed by atoms with Gasteiger partial charge in [0.25, 0.3) is 5.91 Å². The predicted molar refractivity (Wildman–Crippen MR) is 130 cm³/mol. The molecule has 198 valence electrons. The Morgan fingerprint density at radius 2 is 2.03 bits per heavy atom. The summed E-state index contributed by atoms with van der Waals surface area (Å²) in [4.78, 5) is 19.4. The normalized spacial score (nSPS) is 20.8. The average Bonchev–Trinajstić information content (AvgIpc) is 3.22. The van der Waals surface area contributed by atoms with E-state index < -0.39 is 12.8 Å². The van der Waals surface area contributed by atoms with Crippen molar-refractivity contribution in [1.29, 1.82) is 0 Å². The van der Waals surface area contributed by atoms with E-state index in [9.17, 15) is 18.0 Å². The lowest BCUT2D eigenvalue weighted by Crippen LogP contribution is -2.43. The third kappa shape index (κ3) is 6.58. The Morgan fingerprint density at radius 3 is 2.84 bits per heavy atom. The molecule has 1 N–H and O–H groups in total. The van der Waals surface area contributed by atoms with E-state index in [1.54, 1.807) is 23.0 Å². The first kappa shape index (κ1) is 25.5. The van der Waals surface area contributed by atoms with Gasteiger partial charge >= 0.3 is 6.18 Å². The standard InChI is InChI=1S/C26H30F3N5O3/c27-26(28,29)17-37-24-6-3-18-7-12-33(14-10-22(18)32-24)13-8-20-5-4-19(16-36-20)31-25(35)21-9-15-34-23(21)2-1-11-30-34/h1-3,6,9,11,15,19-20H,4-5,7-8,10,12-14,16-17H2,(H,31,35)/t19-,20+/m0/s1. The molecule has 11 heteroatoms. The molecule has 3 aromatic heterocycles. The van der Waals surface area contributed by atoms with Crippen molar-refractivity contribution >= 4 is 11.4 Å². The maximum atomic E-state index is 12.8. The van der Waals surface area contributed by atoms with Gasteiger partial charge in [-0.1, -0.05) is 6.07 Å². The molecule has 0 saturated carbocycles. The zero-order chi connectivity index (χ0) is 25.8. The van der Waals surface area contributed by atoms with Crippen LogP contribution in [-0.4, -0.2) is 76.6 Å². The van der Waals surface area contributed by atoms with Gasteiger partial charge in [-0.25, -0.2) is 9.50 Å². The van der Waals surface area contributed by atoms with Gasteiger partial charge in [0.05, 0.1) is 29.8 Å². The molecule has 2 atom stereocenters. The van der Waals surface area contributed by atoms with E-state index in [1.807, 2.05) is 18.2 Å². The largest absolute Gasteiger partial charge is 0.468 e. The maximum Gasteiger partial charge on any atom is 0.422 e. The number of pyridine rings is 1. The Kier molecular flexibility index (Phi) is 7.61. The van der Waals surface area contributed by atoms with E-state index in [-0.39, 0.29) is 23.9 Å². The number of carbonyl (C=O) groups is 1. The van der Waals surface area contributed by atoms with Gasteiger partial charge in [-0.05, 0) is 49.4 Å². The smallest absolute Gasteiger partial charge is 0.422 e. The van der Waals surface area contributed by atoms with Crippen LogP contribution >= 0.6 is 0 Å². The number of amides is 1. The van der Waals surface area contributed by atoms with Crippen molar-refractivity contribution in [3.63, 3.8) is 0 Å². The van der Waals surface area contributed by atoms with Crippen molar-refractivity contribution in [3.05, 3.63) is 59.5 Å². The number of halogens is 3. The van der Waals surface area contributed by atoms with Crippen LogP contribution in [0.25, 0.3) is 5.52 Å². The first-order valence-electron chi connectivity index (χ1n) is 12.6. The number of hydrogen-bond acceptors (Lipinski definition) is 6. The Labute approximate surface area is 212 Å². The predicted octanol–water partition coefficient (Wildman–Crippen LogP) is 3.44. The second-order valence-electron chi connectivity index (χ2n) is 9.58. The molecular formula is C26H30F3N5O3. The Hall–Kier alpha value is -3.18. The molecule has 0 bridgehead atoms. The molecule has 1 fully saturated rings. The van der Waals surface area contributed by atoms with Crippen molar-refractivity contribution in [3.8, 4) is 5.88 Å². The molecule has 37 heavy (non-hydrogen) atoms. The summed E-state index contributed by atoms with van der Waals surface area (Å²) >= 11 is 0. The van der Waals surface area contributed by atoms with Gasteiger partial charge in [0, 0.05) is 50.2 Å².